The predicted molar refractivity (Wildman–Crippen MR) is 82.2 cm³/mol. The number of halogens is 1. The Hall–Kier alpha value is -1.11. The molecule has 0 atom stereocenters. The van der Waals surface area contributed by atoms with Gasteiger partial charge in [-0.3, -0.25) is 4.79 Å². The van der Waals surface area contributed by atoms with E-state index in [1.54, 1.807) is 19.2 Å². The molecule has 1 aromatic carbocycles. The van der Waals surface area contributed by atoms with E-state index in [4.69, 9.17) is 16.3 Å². The summed E-state index contributed by atoms with van der Waals surface area (Å²) in [6.45, 7) is 1.18. The van der Waals surface area contributed by atoms with Crippen LogP contribution in [0.4, 0.5) is 0 Å². The Bertz CT molecular complexity index is 560. The molecule has 0 heterocycles. The minimum absolute atomic E-state index is 0.0564. The number of hydrogen-bond donors (Lipinski definition) is 1. The minimum atomic E-state index is -3.48. The molecule has 1 N–H and O–H groups in total. The normalized spacial score (nSPS) is 11.3. The molecule has 0 aliphatic heterocycles. The van der Waals surface area contributed by atoms with E-state index in [-0.39, 0.29) is 23.0 Å². The molecule has 0 aromatic heterocycles. The number of nitrogens with one attached hydrogen (secondary N) is 1. The van der Waals surface area contributed by atoms with Crippen LogP contribution in [0.25, 0.3) is 0 Å². The number of methoxy groups -OCH3 is 1. The van der Waals surface area contributed by atoms with Gasteiger partial charge in [-0.1, -0.05) is 17.7 Å². The fourth-order valence-corrected chi connectivity index (χ4v) is 3.23. The highest BCUT2D eigenvalue weighted by Gasteiger charge is 2.16. The highest BCUT2D eigenvalue weighted by Crippen LogP contribution is 2.17. The average molecular weight is 334 g/mol. The molecule has 0 saturated carbocycles. The Kier molecular flexibility index (Phi) is 7.71. The first-order chi connectivity index (χ1) is 9.95. The van der Waals surface area contributed by atoms with Crippen molar-refractivity contribution in [1.29, 1.82) is 0 Å². The van der Waals surface area contributed by atoms with Crippen molar-refractivity contribution in [2.24, 2.45) is 0 Å². The second-order valence-corrected chi connectivity index (χ2v) is 7.12. The third-order valence-electron chi connectivity index (χ3n) is 2.85. The maximum Gasteiger partial charge on any atom is 0.221 e. The summed E-state index contributed by atoms with van der Waals surface area (Å²) in [6, 6.07) is 6.04. The Morgan fingerprint density at radius 1 is 1.33 bits per heavy atom. The lowest BCUT2D eigenvalue weighted by molar-refractivity contribution is -0.120. The van der Waals surface area contributed by atoms with Gasteiger partial charge >= 0.3 is 0 Å². The monoisotopic (exact) mass is 333 g/mol. The van der Waals surface area contributed by atoms with Crippen molar-refractivity contribution in [3.63, 3.8) is 0 Å². The van der Waals surface area contributed by atoms with Crippen LogP contribution < -0.4 is 5.32 Å². The van der Waals surface area contributed by atoms with Crippen LogP contribution >= 0.6 is 11.6 Å². The zero-order chi connectivity index (χ0) is 15.7. The van der Waals surface area contributed by atoms with Crippen LogP contribution in [0.15, 0.2) is 29.2 Å². The van der Waals surface area contributed by atoms with Gasteiger partial charge < -0.3 is 10.1 Å². The molecule has 0 fully saturated rings. The van der Waals surface area contributed by atoms with Gasteiger partial charge in [-0.05, 0) is 31.0 Å². The third kappa shape index (κ3) is 6.93. The van der Waals surface area contributed by atoms with E-state index < -0.39 is 9.84 Å². The van der Waals surface area contributed by atoms with Gasteiger partial charge in [0.15, 0.2) is 9.84 Å². The second-order valence-electron chi connectivity index (χ2n) is 4.58. The summed E-state index contributed by atoms with van der Waals surface area (Å²) in [7, 11) is -1.86. The van der Waals surface area contributed by atoms with Crippen molar-refractivity contribution >= 4 is 27.3 Å². The lowest BCUT2D eigenvalue weighted by atomic mass is 10.3. The summed E-state index contributed by atoms with van der Waals surface area (Å²) in [5, 5.41) is 3.05. The number of sulfone groups is 1. The molecule has 21 heavy (non-hydrogen) atoms. The molecular formula is C14H20ClNO4S. The summed E-state index contributed by atoms with van der Waals surface area (Å²) in [6.07, 6.45) is 1.61. The summed E-state index contributed by atoms with van der Waals surface area (Å²) < 4.78 is 29.0. The van der Waals surface area contributed by atoms with E-state index in [0.29, 0.717) is 18.2 Å². The molecule has 0 radical (unpaired) electrons. The van der Waals surface area contributed by atoms with Gasteiger partial charge in [-0.2, -0.15) is 0 Å². The molecule has 0 saturated heterocycles. The van der Waals surface area contributed by atoms with E-state index in [1.165, 1.54) is 12.1 Å². The van der Waals surface area contributed by atoms with Crippen LogP contribution in [0.2, 0.25) is 5.02 Å². The van der Waals surface area contributed by atoms with Gasteiger partial charge in [-0.15, -0.1) is 0 Å². The average Bonchev–Trinajstić information content (AvgIpc) is 2.45. The lowest BCUT2D eigenvalue weighted by Crippen LogP contribution is -2.26. The fourth-order valence-electron chi connectivity index (χ4n) is 1.69. The van der Waals surface area contributed by atoms with Gasteiger partial charge in [0.25, 0.3) is 0 Å². The van der Waals surface area contributed by atoms with E-state index >= 15 is 0 Å². The Morgan fingerprint density at radius 2 is 2.10 bits per heavy atom. The summed E-state index contributed by atoms with van der Waals surface area (Å²) in [4.78, 5) is 11.7. The number of ether oxygens (including phenoxy) is 1. The molecule has 0 unspecified atom stereocenters. The first-order valence-electron chi connectivity index (χ1n) is 6.69. The van der Waals surface area contributed by atoms with Crippen LogP contribution in [0.1, 0.15) is 19.3 Å². The van der Waals surface area contributed by atoms with Gasteiger partial charge in [0, 0.05) is 31.7 Å². The zero-order valence-electron chi connectivity index (χ0n) is 12.0. The molecular weight excluding hydrogens is 314 g/mol. The number of unbranched alkanes of at least 4 members (excludes halogenated alkanes) is 1. The van der Waals surface area contributed by atoms with Crippen LogP contribution in [0.3, 0.4) is 0 Å². The summed E-state index contributed by atoms with van der Waals surface area (Å²) in [5.41, 5.74) is 0. The van der Waals surface area contributed by atoms with Gasteiger partial charge in [0.2, 0.25) is 5.91 Å². The molecule has 0 aliphatic rings. The number of amides is 1. The summed E-state index contributed by atoms with van der Waals surface area (Å²) >= 11 is 5.77. The first-order valence-corrected chi connectivity index (χ1v) is 8.72. The van der Waals surface area contributed by atoms with E-state index in [1.807, 2.05) is 0 Å². The Labute approximate surface area is 130 Å². The topological polar surface area (TPSA) is 72.5 Å². The second kappa shape index (κ2) is 9.02. The van der Waals surface area contributed by atoms with Crippen molar-refractivity contribution in [3.05, 3.63) is 29.3 Å². The number of carbonyl (C=O) groups is 1. The Balaban J connectivity index is 2.38. The molecule has 0 bridgehead atoms. The van der Waals surface area contributed by atoms with Gasteiger partial charge in [-0.25, -0.2) is 8.42 Å². The zero-order valence-corrected chi connectivity index (χ0v) is 13.5. The smallest absolute Gasteiger partial charge is 0.221 e. The summed E-state index contributed by atoms with van der Waals surface area (Å²) in [5.74, 6) is -0.491. The van der Waals surface area contributed by atoms with Gasteiger partial charge in [0.1, 0.15) is 0 Å². The molecule has 5 nitrogen and oxygen atoms in total. The maximum absolute atomic E-state index is 12.0. The van der Waals surface area contributed by atoms with Crippen molar-refractivity contribution in [1.82, 2.24) is 5.32 Å². The number of hydrogen-bond acceptors (Lipinski definition) is 4. The van der Waals surface area contributed by atoms with Crippen molar-refractivity contribution in [2.75, 3.05) is 26.0 Å². The third-order valence-corrected chi connectivity index (χ3v) is 4.80. The standard InChI is InChI=1S/C14H20ClNO4S/c1-20-9-3-2-8-16-14(17)7-10-21(18,19)13-6-4-5-12(15)11-13/h4-6,11H,2-3,7-10H2,1H3,(H,16,17). The molecule has 7 heteroatoms. The van der Waals surface area contributed by atoms with Crippen LogP contribution in [0, 0.1) is 0 Å². The van der Waals surface area contributed by atoms with Crippen LogP contribution in [-0.2, 0) is 19.4 Å². The Morgan fingerprint density at radius 3 is 2.76 bits per heavy atom. The lowest BCUT2D eigenvalue weighted by Gasteiger charge is -2.06. The molecule has 1 aromatic rings. The van der Waals surface area contributed by atoms with Gasteiger partial charge in [0.05, 0.1) is 10.6 Å². The molecule has 1 amide bonds. The van der Waals surface area contributed by atoms with Crippen molar-refractivity contribution in [2.45, 2.75) is 24.2 Å². The van der Waals surface area contributed by atoms with Crippen LogP contribution in [0.5, 0.6) is 0 Å². The van der Waals surface area contributed by atoms with Crippen molar-refractivity contribution < 1.29 is 17.9 Å². The molecule has 118 valence electrons. The van der Waals surface area contributed by atoms with E-state index in [2.05, 4.69) is 5.32 Å². The molecule has 1 rings (SSSR count). The number of carbonyl (C=O) groups excluding carboxylic acids is 1. The van der Waals surface area contributed by atoms with Crippen molar-refractivity contribution in [3.8, 4) is 0 Å². The quantitative estimate of drug-likeness (QED) is 0.702. The van der Waals surface area contributed by atoms with E-state index in [9.17, 15) is 13.2 Å². The largest absolute Gasteiger partial charge is 0.385 e. The molecule has 0 aliphatic carbocycles. The van der Waals surface area contributed by atoms with Crippen LogP contribution in [-0.4, -0.2) is 40.3 Å². The highest BCUT2D eigenvalue weighted by atomic mass is 35.5. The highest BCUT2D eigenvalue weighted by molar-refractivity contribution is 7.91. The molecule has 0 spiro atoms. The maximum atomic E-state index is 12.0. The predicted octanol–water partition coefficient (Wildman–Crippen LogP) is 2.05. The van der Waals surface area contributed by atoms with E-state index in [0.717, 1.165) is 12.8 Å². The number of rotatable bonds is 9. The SMILES string of the molecule is COCCCCNC(=O)CCS(=O)(=O)c1cccc(Cl)c1. The number of benzene rings is 1. The minimum Gasteiger partial charge on any atom is -0.385 e. The first kappa shape index (κ1) is 17.9. The fraction of sp³-hybridized carbons (Fsp3) is 0.500.